The first-order valence-electron chi connectivity index (χ1n) is 13.8. The van der Waals surface area contributed by atoms with Gasteiger partial charge in [-0.2, -0.15) is 0 Å². The van der Waals surface area contributed by atoms with E-state index in [1.807, 2.05) is 0 Å². The Bertz CT molecular complexity index is 2020. The van der Waals surface area contributed by atoms with Gasteiger partial charge in [-0.15, -0.1) is 0 Å². The second kappa shape index (κ2) is 7.71. The molecule has 39 heavy (non-hydrogen) atoms. The van der Waals surface area contributed by atoms with Gasteiger partial charge in [0.1, 0.15) is 0 Å². The lowest BCUT2D eigenvalue weighted by molar-refractivity contribution is 0.660. The third-order valence-electron chi connectivity index (χ3n) is 9.53. The molecule has 0 saturated heterocycles. The van der Waals surface area contributed by atoms with Crippen LogP contribution in [-0.2, 0) is 10.8 Å². The Balaban J connectivity index is 1.48. The minimum absolute atomic E-state index is 0.0339. The molecule has 2 aliphatic carbocycles. The summed E-state index contributed by atoms with van der Waals surface area (Å²) in [6, 6.07) is 38.8. The Morgan fingerprint density at radius 3 is 1.67 bits per heavy atom. The minimum Gasteiger partial charge on any atom is -0.0619 e. The lowest BCUT2D eigenvalue weighted by Crippen LogP contribution is -2.15. The van der Waals surface area contributed by atoms with Crippen molar-refractivity contribution in [2.24, 2.45) is 0 Å². The van der Waals surface area contributed by atoms with Gasteiger partial charge in [-0.3, -0.25) is 0 Å². The van der Waals surface area contributed by atoms with Crippen molar-refractivity contribution >= 4 is 37.5 Å². The lowest BCUT2D eigenvalue weighted by Gasteiger charge is -2.24. The highest BCUT2D eigenvalue weighted by atomic mass is 79.9. The van der Waals surface area contributed by atoms with Crippen molar-refractivity contribution in [2.45, 2.75) is 38.5 Å². The molecule has 1 heteroatoms. The third kappa shape index (κ3) is 2.95. The van der Waals surface area contributed by atoms with Crippen molar-refractivity contribution in [1.82, 2.24) is 0 Å². The zero-order valence-electron chi connectivity index (χ0n) is 22.7. The molecule has 6 aromatic rings. The largest absolute Gasteiger partial charge is 0.0619 e. The number of fused-ring (bicyclic) bond motifs is 8. The normalized spacial score (nSPS) is 15.7. The van der Waals surface area contributed by atoms with Crippen molar-refractivity contribution in [3.63, 3.8) is 0 Å². The van der Waals surface area contributed by atoms with E-state index in [0.717, 1.165) is 0 Å². The average Bonchev–Trinajstić information content (AvgIpc) is 3.32. The van der Waals surface area contributed by atoms with E-state index < -0.39 is 0 Å². The summed E-state index contributed by atoms with van der Waals surface area (Å²) in [7, 11) is 0. The average molecular weight is 566 g/mol. The molecule has 0 spiro atoms. The maximum atomic E-state index is 4.05. The Morgan fingerprint density at radius 2 is 0.974 bits per heavy atom. The van der Waals surface area contributed by atoms with Crippen LogP contribution in [0.4, 0.5) is 0 Å². The van der Waals surface area contributed by atoms with Crippen molar-refractivity contribution in [3.05, 3.63) is 130 Å². The molecule has 0 atom stereocenters. The molecular formula is C38H29Br. The molecule has 0 saturated carbocycles. The molecule has 0 aromatic heterocycles. The van der Waals surface area contributed by atoms with Crippen molar-refractivity contribution < 1.29 is 0 Å². The Labute approximate surface area is 238 Å². The highest BCUT2D eigenvalue weighted by molar-refractivity contribution is 9.10. The molecule has 2 aliphatic rings. The summed E-state index contributed by atoms with van der Waals surface area (Å²) in [6.07, 6.45) is 0. The van der Waals surface area contributed by atoms with E-state index >= 15 is 0 Å². The highest BCUT2D eigenvalue weighted by Crippen LogP contribution is 2.54. The summed E-state index contributed by atoms with van der Waals surface area (Å²) in [5.41, 5.74) is 13.6. The number of benzene rings is 6. The molecule has 0 heterocycles. The Morgan fingerprint density at radius 1 is 0.436 bits per heavy atom. The van der Waals surface area contributed by atoms with Gasteiger partial charge in [0, 0.05) is 15.3 Å². The molecule has 6 aromatic carbocycles. The monoisotopic (exact) mass is 564 g/mol. The Kier molecular flexibility index (Phi) is 4.59. The SMILES string of the molecule is CC1(C)c2ccccc2-c2ccc(-c3c4ccccc4c(Br)c4cc5c(cc34)C(C)(C)c3ccccc3-5)cc21. The molecule has 0 radical (unpaired) electrons. The summed E-state index contributed by atoms with van der Waals surface area (Å²) in [5, 5.41) is 5.14. The first kappa shape index (κ1) is 23.2. The van der Waals surface area contributed by atoms with Gasteiger partial charge >= 0.3 is 0 Å². The quantitative estimate of drug-likeness (QED) is 0.174. The predicted octanol–water partition coefficient (Wildman–Crippen LogP) is 11.0. The van der Waals surface area contributed by atoms with Gasteiger partial charge in [-0.25, -0.2) is 0 Å². The molecule has 0 amide bonds. The third-order valence-corrected chi connectivity index (χ3v) is 10.4. The van der Waals surface area contributed by atoms with Gasteiger partial charge in [-0.05, 0) is 111 Å². The van der Waals surface area contributed by atoms with Crippen LogP contribution in [0.15, 0.2) is 108 Å². The van der Waals surface area contributed by atoms with Crippen LogP contribution in [0.25, 0.3) is 54.9 Å². The topological polar surface area (TPSA) is 0 Å². The fourth-order valence-corrected chi connectivity index (χ4v) is 8.16. The molecule has 0 fully saturated rings. The number of halogens is 1. The Hall–Kier alpha value is -3.68. The van der Waals surface area contributed by atoms with Crippen molar-refractivity contribution in [3.8, 4) is 33.4 Å². The first-order chi connectivity index (χ1) is 18.8. The summed E-state index contributed by atoms with van der Waals surface area (Å²) in [5.74, 6) is 0. The van der Waals surface area contributed by atoms with Crippen LogP contribution in [-0.4, -0.2) is 0 Å². The second-order valence-electron chi connectivity index (χ2n) is 12.3. The number of rotatable bonds is 1. The highest BCUT2D eigenvalue weighted by Gasteiger charge is 2.37. The molecule has 0 unspecified atom stereocenters. The minimum atomic E-state index is -0.0446. The van der Waals surface area contributed by atoms with Gasteiger partial charge in [0.2, 0.25) is 0 Å². The van der Waals surface area contributed by atoms with E-state index in [0.29, 0.717) is 0 Å². The van der Waals surface area contributed by atoms with Gasteiger partial charge in [-0.1, -0.05) is 113 Å². The summed E-state index contributed by atoms with van der Waals surface area (Å²) in [6.45, 7) is 9.47. The maximum absolute atomic E-state index is 4.05. The van der Waals surface area contributed by atoms with Crippen LogP contribution in [0.2, 0.25) is 0 Å². The summed E-state index contributed by atoms with van der Waals surface area (Å²) in [4.78, 5) is 0. The van der Waals surface area contributed by atoms with E-state index in [1.54, 1.807) is 0 Å². The van der Waals surface area contributed by atoms with Crippen molar-refractivity contribution in [1.29, 1.82) is 0 Å². The summed E-state index contributed by atoms with van der Waals surface area (Å²) >= 11 is 4.05. The number of hydrogen-bond acceptors (Lipinski definition) is 0. The van der Waals surface area contributed by atoms with E-state index in [1.165, 1.54) is 81.7 Å². The molecule has 0 aliphatic heterocycles. The fourth-order valence-electron chi connectivity index (χ4n) is 7.49. The molecule has 188 valence electrons. The van der Waals surface area contributed by atoms with E-state index in [2.05, 4.69) is 147 Å². The molecule has 0 bridgehead atoms. The van der Waals surface area contributed by atoms with Crippen LogP contribution < -0.4 is 0 Å². The smallest absolute Gasteiger partial charge is 0.0332 e. The van der Waals surface area contributed by atoms with Crippen LogP contribution in [0, 0.1) is 0 Å². The standard InChI is InChI=1S/C38H29Br/c1-37(2)31-15-9-7-11-23(31)25-18-17-22(19-33(25)37)35-26-13-5-6-14-27(26)36(39)30-20-28-24-12-8-10-16-32(24)38(3,4)34(28)21-29(30)35/h5-21H,1-4H3. The first-order valence-corrected chi connectivity index (χ1v) is 14.6. The second-order valence-corrected chi connectivity index (χ2v) is 13.1. The molecular weight excluding hydrogens is 536 g/mol. The molecule has 0 nitrogen and oxygen atoms in total. The zero-order chi connectivity index (χ0) is 26.7. The van der Waals surface area contributed by atoms with Crippen LogP contribution in [0.1, 0.15) is 49.9 Å². The van der Waals surface area contributed by atoms with Gasteiger partial charge in [0.15, 0.2) is 0 Å². The molecule has 8 rings (SSSR count). The predicted molar refractivity (Wildman–Crippen MR) is 170 cm³/mol. The van der Waals surface area contributed by atoms with E-state index in [4.69, 9.17) is 0 Å². The van der Waals surface area contributed by atoms with Gasteiger partial charge in [0.25, 0.3) is 0 Å². The summed E-state index contributed by atoms with van der Waals surface area (Å²) < 4.78 is 1.18. The van der Waals surface area contributed by atoms with Crippen LogP contribution in [0.3, 0.4) is 0 Å². The van der Waals surface area contributed by atoms with E-state index in [-0.39, 0.29) is 10.8 Å². The lowest BCUT2D eigenvalue weighted by atomic mass is 9.79. The van der Waals surface area contributed by atoms with Gasteiger partial charge < -0.3 is 0 Å². The van der Waals surface area contributed by atoms with Crippen LogP contribution in [0.5, 0.6) is 0 Å². The van der Waals surface area contributed by atoms with Crippen LogP contribution >= 0.6 is 15.9 Å². The maximum Gasteiger partial charge on any atom is 0.0332 e. The van der Waals surface area contributed by atoms with Crippen molar-refractivity contribution in [2.75, 3.05) is 0 Å². The van der Waals surface area contributed by atoms with Gasteiger partial charge in [0.05, 0.1) is 0 Å². The number of hydrogen-bond donors (Lipinski definition) is 0. The zero-order valence-corrected chi connectivity index (χ0v) is 24.3. The fraction of sp³-hybridized carbons (Fsp3) is 0.158. The van der Waals surface area contributed by atoms with E-state index in [9.17, 15) is 0 Å². The molecule has 0 N–H and O–H groups in total.